The van der Waals surface area contributed by atoms with Gasteiger partial charge in [0.15, 0.2) is 6.04 Å². The minimum absolute atomic E-state index is 0.391. The summed E-state index contributed by atoms with van der Waals surface area (Å²) in [6.45, 7) is 1.27. The number of carboxylic acid groups (broad SMARTS) is 1. The van der Waals surface area contributed by atoms with E-state index in [1.807, 2.05) is 0 Å². The summed E-state index contributed by atoms with van der Waals surface area (Å²) in [5, 5.41) is 11.7. The highest BCUT2D eigenvalue weighted by Gasteiger charge is 2.20. The lowest BCUT2D eigenvalue weighted by molar-refractivity contribution is -0.141. The fourth-order valence-electron chi connectivity index (χ4n) is 1.15. The first-order valence-electron chi connectivity index (χ1n) is 4.26. The molecule has 0 heterocycles. The van der Waals surface area contributed by atoms with Gasteiger partial charge in [0.25, 0.3) is 0 Å². The van der Waals surface area contributed by atoms with Crippen molar-refractivity contribution in [1.29, 1.82) is 0 Å². The number of benzene rings is 1. The van der Waals surface area contributed by atoms with Gasteiger partial charge in [-0.25, -0.2) is 4.79 Å². The van der Waals surface area contributed by atoms with Gasteiger partial charge in [0, 0.05) is 11.9 Å². The number of carbonyl (C=O) groups is 2. The van der Waals surface area contributed by atoms with E-state index < -0.39 is 17.9 Å². The van der Waals surface area contributed by atoms with Gasteiger partial charge in [0.05, 0.1) is 0 Å². The van der Waals surface area contributed by atoms with Gasteiger partial charge in [-0.2, -0.15) is 0 Å². The van der Waals surface area contributed by atoms with Crippen LogP contribution in [-0.4, -0.2) is 17.0 Å². The quantitative estimate of drug-likeness (QED) is 0.824. The van der Waals surface area contributed by atoms with Gasteiger partial charge >= 0.3 is 5.97 Å². The van der Waals surface area contributed by atoms with Crippen molar-refractivity contribution in [2.75, 3.05) is 0 Å². The Hall–Kier alpha value is -1.55. The molecule has 1 aromatic carbocycles. The highest BCUT2D eigenvalue weighted by atomic mass is 35.5. The maximum atomic E-state index is 10.9. The predicted molar refractivity (Wildman–Crippen MR) is 55.6 cm³/mol. The Kier molecular flexibility index (Phi) is 3.68. The Morgan fingerprint density at radius 3 is 2.27 bits per heavy atom. The third kappa shape index (κ3) is 3.25. The fraction of sp³-hybridized carbons (Fsp3) is 0.200. The molecule has 15 heavy (non-hydrogen) atoms. The van der Waals surface area contributed by atoms with Crippen LogP contribution < -0.4 is 5.32 Å². The largest absolute Gasteiger partial charge is 0.479 e. The third-order valence-electron chi connectivity index (χ3n) is 1.80. The maximum absolute atomic E-state index is 10.9. The first-order valence-corrected chi connectivity index (χ1v) is 4.64. The Balaban J connectivity index is 2.94. The lowest BCUT2D eigenvalue weighted by Crippen LogP contribution is -2.31. The maximum Gasteiger partial charge on any atom is 0.330 e. The molecule has 0 spiro atoms. The van der Waals surface area contributed by atoms with Crippen LogP contribution in [0, 0.1) is 0 Å². The van der Waals surface area contributed by atoms with E-state index in [0.29, 0.717) is 10.6 Å². The molecule has 0 saturated heterocycles. The molecule has 0 aliphatic carbocycles. The van der Waals surface area contributed by atoms with Gasteiger partial charge in [0.2, 0.25) is 5.91 Å². The molecule has 80 valence electrons. The van der Waals surface area contributed by atoms with Crippen LogP contribution in [0.3, 0.4) is 0 Å². The molecule has 2 N–H and O–H groups in total. The molecule has 0 bridgehead atoms. The van der Waals surface area contributed by atoms with E-state index >= 15 is 0 Å². The van der Waals surface area contributed by atoms with Crippen molar-refractivity contribution in [2.24, 2.45) is 0 Å². The Labute approximate surface area is 91.9 Å². The van der Waals surface area contributed by atoms with E-state index in [1.54, 1.807) is 24.3 Å². The highest BCUT2D eigenvalue weighted by molar-refractivity contribution is 6.30. The molecule has 0 aliphatic rings. The van der Waals surface area contributed by atoms with E-state index in [0.717, 1.165) is 0 Å². The van der Waals surface area contributed by atoms with Crippen molar-refractivity contribution in [1.82, 2.24) is 5.32 Å². The highest BCUT2D eigenvalue weighted by Crippen LogP contribution is 2.16. The van der Waals surface area contributed by atoms with Gasteiger partial charge in [-0.3, -0.25) is 4.79 Å². The van der Waals surface area contributed by atoms with Gasteiger partial charge in [-0.15, -0.1) is 0 Å². The monoisotopic (exact) mass is 227 g/mol. The van der Waals surface area contributed by atoms with E-state index in [2.05, 4.69) is 5.32 Å². The van der Waals surface area contributed by atoms with E-state index in [9.17, 15) is 9.59 Å². The van der Waals surface area contributed by atoms with Gasteiger partial charge in [0.1, 0.15) is 0 Å². The topological polar surface area (TPSA) is 66.4 Å². The third-order valence-corrected chi connectivity index (χ3v) is 2.05. The van der Waals surface area contributed by atoms with Crippen molar-refractivity contribution in [2.45, 2.75) is 13.0 Å². The molecule has 5 heteroatoms. The van der Waals surface area contributed by atoms with Crippen LogP contribution in [0.5, 0.6) is 0 Å². The van der Waals surface area contributed by atoms with Gasteiger partial charge < -0.3 is 10.4 Å². The van der Waals surface area contributed by atoms with Crippen molar-refractivity contribution in [3.63, 3.8) is 0 Å². The van der Waals surface area contributed by atoms with Crippen molar-refractivity contribution in [3.05, 3.63) is 34.9 Å². The number of hydrogen-bond donors (Lipinski definition) is 2. The zero-order valence-corrected chi connectivity index (χ0v) is 8.78. The average molecular weight is 228 g/mol. The fourth-order valence-corrected chi connectivity index (χ4v) is 1.27. The second-order valence-corrected chi connectivity index (χ2v) is 3.46. The van der Waals surface area contributed by atoms with E-state index in [-0.39, 0.29) is 0 Å². The first kappa shape index (κ1) is 11.5. The molecule has 1 amide bonds. The molecule has 1 aromatic rings. The molecule has 0 aliphatic heterocycles. The SMILES string of the molecule is CC(=O)N[C@H](C(=O)O)c1ccc(Cl)cc1. The summed E-state index contributed by atoms with van der Waals surface area (Å²) in [6, 6.07) is 5.26. The number of aliphatic carboxylic acids is 1. The lowest BCUT2D eigenvalue weighted by Gasteiger charge is -2.13. The van der Waals surface area contributed by atoms with Crippen molar-refractivity contribution in [3.8, 4) is 0 Å². The molecule has 0 unspecified atom stereocenters. The molecule has 0 saturated carbocycles. The zero-order valence-electron chi connectivity index (χ0n) is 8.03. The number of hydrogen-bond acceptors (Lipinski definition) is 2. The second kappa shape index (κ2) is 4.79. The molecule has 0 radical (unpaired) electrons. The predicted octanol–water partition coefficient (Wildman–Crippen LogP) is 1.60. The van der Waals surface area contributed by atoms with E-state index in [4.69, 9.17) is 16.7 Å². The van der Waals surface area contributed by atoms with Crippen LogP contribution in [0.1, 0.15) is 18.5 Å². The van der Waals surface area contributed by atoms with Crippen LogP contribution in [0.15, 0.2) is 24.3 Å². The van der Waals surface area contributed by atoms with Crippen LogP contribution in [0.2, 0.25) is 5.02 Å². The molecule has 0 aromatic heterocycles. The van der Waals surface area contributed by atoms with E-state index in [1.165, 1.54) is 6.92 Å². The summed E-state index contributed by atoms with van der Waals surface area (Å²) < 4.78 is 0. The van der Waals surface area contributed by atoms with Crippen LogP contribution >= 0.6 is 11.6 Å². The van der Waals surface area contributed by atoms with Crippen LogP contribution in [0.4, 0.5) is 0 Å². The molecule has 0 fully saturated rings. The minimum atomic E-state index is -1.10. The van der Waals surface area contributed by atoms with Gasteiger partial charge in [-0.1, -0.05) is 23.7 Å². The molecular weight excluding hydrogens is 218 g/mol. The normalized spacial score (nSPS) is 11.9. The average Bonchev–Trinajstić information content (AvgIpc) is 2.15. The Morgan fingerprint density at radius 1 is 1.33 bits per heavy atom. The summed E-state index contributed by atoms with van der Waals surface area (Å²) in [5.41, 5.74) is 0.488. The summed E-state index contributed by atoms with van der Waals surface area (Å²) >= 11 is 5.67. The van der Waals surface area contributed by atoms with Crippen LogP contribution in [0.25, 0.3) is 0 Å². The first-order chi connectivity index (χ1) is 7.00. The summed E-state index contributed by atoms with van der Waals surface area (Å²) in [6.07, 6.45) is 0. The van der Waals surface area contributed by atoms with Crippen molar-refractivity contribution < 1.29 is 14.7 Å². The molecule has 1 rings (SSSR count). The zero-order chi connectivity index (χ0) is 11.4. The lowest BCUT2D eigenvalue weighted by atomic mass is 10.1. The van der Waals surface area contributed by atoms with Crippen molar-refractivity contribution >= 4 is 23.5 Å². The minimum Gasteiger partial charge on any atom is -0.479 e. The molecule has 1 atom stereocenters. The summed E-state index contributed by atoms with van der Waals surface area (Å²) in [5.74, 6) is -1.50. The smallest absolute Gasteiger partial charge is 0.330 e. The second-order valence-electron chi connectivity index (χ2n) is 3.02. The number of nitrogens with one attached hydrogen (secondary N) is 1. The Bertz CT molecular complexity index is 375. The number of carboxylic acids is 1. The number of rotatable bonds is 3. The Morgan fingerprint density at radius 2 is 1.87 bits per heavy atom. The summed E-state index contributed by atoms with van der Waals surface area (Å²) in [4.78, 5) is 21.7. The number of amides is 1. The number of carbonyl (C=O) groups excluding carboxylic acids is 1. The summed E-state index contributed by atoms with van der Waals surface area (Å²) in [7, 11) is 0. The molecule has 4 nitrogen and oxygen atoms in total. The standard InChI is InChI=1S/C10H10ClNO3/c1-6(13)12-9(10(14)15)7-2-4-8(11)5-3-7/h2-5,9H,1H3,(H,12,13)(H,14,15)/t9-/m0/s1. The molecular formula is C10H10ClNO3. The van der Waals surface area contributed by atoms with Gasteiger partial charge in [-0.05, 0) is 17.7 Å². The number of halogens is 1. The van der Waals surface area contributed by atoms with Crippen LogP contribution in [-0.2, 0) is 9.59 Å².